The summed E-state index contributed by atoms with van der Waals surface area (Å²) in [6.07, 6.45) is 1.10. The summed E-state index contributed by atoms with van der Waals surface area (Å²) in [7, 11) is 0. The number of anilines is 1. The zero-order chi connectivity index (χ0) is 21.7. The van der Waals surface area contributed by atoms with E-state index >= 15 is 0 Å². The summed E-state index contributed by atoms with van der Waals surface area (Å²) in [4.78, 5) is 12.5. The van der Waals surface area contributed by atoms with E-state index in [-0.39, 0.29) is 12.3 Å². The Balaban J connectivity index is 1.62. The first-order valence-corrected chi connectivity index (χ1v) is 10.4. The number of carbonyl (C=O) groups excluding carboxylic acids is 1. The maximum absolute atomic E-state index is 12.5. The lowest BCUT2D eigenvalue weighted by Crippen LogP contribution is -2.44. The number of para-hydroxylation sites is 2. The van der Waals surface area contributed by atoms with E-state index in [0.717, 1.165) is 40.3 Å². The Hall–Kier alpha value is -3.19. The molecule has 0 saturated carbocycles. The molecule has 3 aromatic rings. The zero-order valence-corrected chi connectivity index (χ0v) is 18.6. The Morgan fingerprint density at radius 1 is 1.03 bits per heavy atom. The van der Waals surface area contributed by atoms with Crippen LogP contribution in [-0.2, 0) is 17.6 Å². The molecule has 3 N–H and O–H groups in total. The van der Waals surface area contributed by atoms with Gasteiger partial charge >= 0.3 is 0 Å². The van der Waals surface area contributed by atoms with Gasteiger partial charge in [-0.15, -0.1) is 0 Å². The minimum atomic E-state index is -0.182. The van der Waals surface area contributed by atoms with Crippen LogP contribution in [0.3, 0.4) is 0 Å². The fraction of sp³-hybridized carbons (Fsp3) is 0.261. The molecule has 0 aliphatic rings. The number of nitrogens with one attached hydrogen (secondary N) is 3. The van der Waals surface area contributed by atoms with Gasteiger partial charge in [0.05, 0.1) is 17.8 Å². The topological polar surface area (TPSA) is 71.0 Å². The van der Waals surface area contributed by atoms with Crippen LogP contribution in [0.5, 0.6) is 0 Å². The van der Waals surface area contributed by atoms with E-state index in [1.165, 1.54) is 5.56 Å². The first-order valence-electron chi connectivity index (χ1n) is 9.95. The number of benzene rings is 2. The van der Waals surface area contributed by atoms with Gasteiger partial charge in [-0.05, 0) is 62.7 Å². The Kier molecular flexibility index (Phi) is 6.84. The second-order valence-corrected chi connectivity index (χ2v) is 7.57. The second-order valence-electron chi connectivity index (χ2n) is 7.16. The van der Waals surface area contributed by atoms with Crippen molar-refractivity contribution in [1.82, 2.24) is 20.6 Å². The van der Waals surface area contributed by atoms with Crippen LogP contribution in [0.2, 0.25) is 0 Å². The van der Waals surface area contributed by atoms with Crippen molar-refractivity contribution in [3.05, 3.63) is 76.6 Å². The SMILES string of the molecule is CCc1cccc(C)c1NC(=S)NNC(=O)Cc1c(C)nn(-c2ccccc2)c1C. The minimum absolute atomic E-state index is 0.182. The second kappa shape index (κ2) is 9.54. The van der Waals surface area contributed by atoms with Crippen molar-refractivity contribution in [1.29, 1.82) is 0 Å². The largest absolute Gasteiger partial charge is 0.331 e. The Labute approximate surface area is 182 Å². The van der Waals surface area contributed by atoms with Crippen molar-refractivity contribution in [2.45, 2.75) is 40.5 Å². The lowest BCUT2D eigenvalue weighted by Gasteiger charge is -2.16. The lowest BCUT2D eigenvalue weighted by molar-refractivity contribution is -0.121. The van der Waals surface area contributed by atoms with Gasteiger partial charge in [-0.1, -0.05) is 43.3 Å². The van der Waals surface area contributed by atoms with E-state index in [1.807, 2.05) is 67.9 Å². The fourth-order valence-electron chi connectivity index (χ4n) is 3.43. The third-order valence-corrected chi connectivity index (χ3v) is 5.28. The van der Waals surface area contributed by atoms with E-state index in [9.17, 15) is 4.79 Å². The van der Waals surface area contributed by atoms with Gasteiger partial charge in [0.2, 0.25) is 5.91 Å². The molecule has 6 nitrogen and oxygen atoms in total. The van der Waals surface area contributed by atoms with Crippen molar-refractivity contribution in [3.8, 4) is 5.69 Å². The highest BCUT2D eigenvalue weighted by atomic mass is 32.1. The molecule has 0 saturated heterocycles. The monoisotopic (exact) mass is 421 g/mol. The normalized spacial score (nSPS) is 10.5. The van der Waals surface area contributed by atoms with Crippen molar-refractivity contribution < 1.29 is 4.79 Å². The van der Waals surface area contributed by atoms with Crippen LogP contribution in [0.4, 0.5) is 5.69 Å². The molecule has 0 atom stereocenters. The third-order valence-electron chi connectivity index (χ3n) is 5.07. The molecule has 1 aromatic heterocycles. The maximum atomic E-state index is 12.5. The number of hydrogen-bond donors (Lipinski definition) is 3. The first kappa shape index (κ1) is 21.5. The van der Waals surface area contributed by atoms with Crippen molar-refractivity contribution >= 4 is 28.9 Å². The molecule has 0 unspecified atom stereocenters. The van der Waals surface area contributed by atoms with Gasteiger partial charge in [-0.2, -0.15) is 5.10 Å². The summed E-state index contributed by atoms with van der Waals surface area (Å²) in [5.41, 5.74) is 12.4. The van der Waals surface area contributed by atoms with Crippen LogP contribution in [0.15, 0.2) is 48.5 Å². The summed E-state index contributed by atoms with van der Waals surface area (Å²) >= 11 is 5.35. The molecule has 0 fully saturated rings. The van der Waals surface area contributed by atoms with Gasteiger partial charge in [0.25, 0.3) is 0 Å². The number of thiocarbonyl (C=S) groups is 1. The molecule has 3 rings (SSSR count). The van der Waals surface area contributed by atoms with Crippen molar-refractivity contribution in [3.63, 3.8) is 0 Å². The lowest BCUT2D eigenvalue weighted by atomic mass is 10.1. The average Bonchev–Trinajstić information content (AvgIpc) is 3.02. The van der Waals surface area contributed by atoms with E-state index in [0.29, 0.717) is 5.11 Å². The summed E-state index contributed by atoms with van der Waals surface area (Å²) in [5, 5.41) is 8.13. The molecule has 0 spiro atoms. The van der Waals surface area contributed by atoms with Crippen LogP contribution in [0.1, 0.15) is 35.0 Å². The highest BCUT2D eigenvalue weighted by Crippen LogP contribution is 2.21. The summed E-state index contributed by atoms with van der Waals surface area (Å²) in [6, 6.07) is 16.0. The molecule has 1 amide bonds. The number of nitrogens with zero attached hydrogens (tertiary/aromatic N) is 2. The quantitative estimate of drug-likeness (QED) is 0.430. The van der Waals surface area contributed by atoms with Crippen molar-refractivity contribution in [2.24, 2.45) is 0 Å². The maximum Gasteiger partial charge on any atom is 0.242 e. The van der Waals surface area contributed by atoms with E-state index in [2.05, 4.69) is 34.3 Å². The number of rotatable bonds is 5. The molecular weight excluding hydrogens is 394 g/mol. The summed E-state index contributed by atoms with van der Waals surface area (Å²) < 4.78 is 1.86. The Bertz CT molecular complexity index is 1060. The van der Waals surface area contributed by atoms with Gasteiger partial charge in [0.1, 0.15) is 0 Å². The molecule has 30 heavy (non-hydrogen) atoms. The number of carbonyl (C=O) groups is 1. The van der Waals surface area contributed by atoms with Crippen LogP contribution in [0.25, 0.3) is 5.69 Å². The molecule has 0 aliphatic heterocycles. The highest BCUT2D eigenvalue weighted by Gasteiger charge is 2.16. The minimum Gasteiger partial charge on any atom is -0.331 e. The number of hydrogen-bond acceptors (Lipinski definition) is 3. The van der Waals surface area contributed by atoms with E-state index < -0.39 is 0 Å². The smallest absolute Gasteiger partial charge is 0.242 e. The molecule has 0 aliphatic carbocycles. The molecule has 2 aromatic carbocycles. The Morgan fingerprint density at radius 3 is 2.47 bits per heavy atom. The highest BCUT2D eigenvalue weighted by molar-refractivity contribution is 7.80. The third kappa shape index (κ3) is 4.86. The van der Waals surface area contributed by atoms with Gasteiger partial charge in [-0.25, -0.2) is 4.68 Å². The zero-order valence-electron chi connectivity index (χ0n) is 17.7. The van der Waals surface area contributed by atoms with Crippen LogP contribution < -0.4 is 16.2 Å². The standard InChI is InChI=1S/C23H27N5OS/c1-5-18-11-9-10-15(2)22(18)24-23(30)26-25-21(29)14-20-16(3)27-28(17(20)4)19-12-7-6-8-13-19/h6-13H,5,14H2,1-4H3,(H,25,29)(H2,24,26,30). The van der Waals surface area contributed by atoms with E-state index in [4.69, 9.17) is 12.2 Å². The van der Waals surface area contributed by atoms with Crippen LogP contribution >= 0.6 is 12.2 Å². The Morgan fingerprint density at radius 2 is 1.77 bits per heavy atom. The van der Waals surface area contributed by atoms with Gasteiger partial charge in [0, 0.05) is 16.9 Å². The van der Waals surface area contributed by atoms with Crippen molar-refractivity contribution in [2.75, 3.05) is 5.32 Å². The predicted octanol–water partition coefficient (Wildman–Crippen LogP) is 3.92. The van der Waals surface area contributed by atoms with Crippen LogP contribution in [-0.4, -0.2) is 20.8 Å². The average molecular weight is 422 g/mol. The first-order chi connectivity index (χ1) is 14.4. The molecule has 0 radical (unpaired) electrons. The summed E-state index contributed by atoms with van der Waals surface area (Å²) in [6.45, 7) is 8.01. The number of hydrazine groups is 1. The van der Waals surface area contributed by atoms with Gasteiger partial charge < -0.3 is 5.32 Å². The van der Waals surface area contributed by atoms with E-state index in [1.54, 1.807) is 0 Å². The number of aryl methyl sites for hydroxylation is 3. The number of amides is 1. The predicted molar refractivity (Wildman–Crippen MR) is 125 cm³/mol. The molecule has 7 heteroatoms. The molecular formula is C23H27N5OS. The fourth-order valence-corrected chi connectivity index (χ4v) is 3.58. The molecule has 0 bridgehead atoms. The summed E-state index contributed by atoms with van der Waals surface area (Å²) in [5.74, 6) is -0.182. The van der Waals surface area contributed by atoms with Gasteiger partial charge in [-0.3, -0.25) is 15.6 Å². The van der Waals surface area contributed by atoms with Gasteiger partial charge in [0.15, 0.2) is 5.11 Å². The molecule has 156 valence electrons. The number of aromatic nitrogens is 2. The van der Waals surface area contributed by atoms with Crippen LogP contribution in [0, 0.1) is 20.8 Å². The molecule has 1 heterocycles.